The van der Waals surface area contributed by atoms with Gasteiger partial charge in [-0.25, -0.2) is 0 Å². The van der Waals surface area contributed by atoms with E-state index in [-0.39, 0.29) is 18.7 Å². The van der Waals surface area contributed by atoms with E-state index in [4.69, 9.17) is 11.6 Å². The highest BCUT2D eigenvalue weighted by atomic mass is 127. The lowest BCUT2D eigenvalue weighted by atomic mass is 10.3. The number of rotatable bonds is 6. The standard InChI is InChI=1S/C11H14ClIN2O4S/c1-15(6-5-11(16)19-2)20(17,18)14-10-4-3-8(13)7-9(10)12/h3-4,7,14H,5-6H2,1-2H3. The minimum absolute atomic E-state index is 0.0179. The Kier molecular flexibility index (Phi) is 6.49. The first-order valence-corrected chi connectivity index (χ1v) is 8.42. The van der Waals surface area contributed by atoms with E-state index in [0.29, 0.717) is 5.02 Å². The van der Waals surface area contributed by atoms with Gasteiger partial charge >= 0.3 is 16.2 Å². The van der Waals surface area contributed by atoms with Crippen LogP contribution in [0.3, 0.4) is 0 Å². The van der Waals surface area contributed by atoms with Crippen LogP contribution < -0.4 is 4.72 Å². The summed E-state index contributed by atoms with van der Waals surface area (Å²) in [4.78, 5) is 11.0. The van der Waals surface area contributed by atoms with Gasteiger partial charge in [-0.1, -0.05) is 11.6 Å². The molecule has 0 radical (unpaired) electrons. The van der Waals surface area contributed by atoms with Crippen LogP contribution in [0.15, 0.2) is 18.2 Å². The lowest BCUT2D eigenvalue weighted by molar-refractivity contribution is -0.140. The SMILES string of the molecule is COC(=O)CCN(C)S(=O)(=O)Nc1ccc(I)cc1Cl. The zero-order chi connectivity index (χ0) is 15.3. The molecule has 0 atom stereocenters. The highest BCUT2D eigenvalue weighted by Crippen LogP contribution is 2.25. The quantitative estimate of drug-likeness (QED) is 0.552. The summed E-state index contributed by atoms with van der Waals surface area (Å²) in [7, 11) is -1.15. The molecule has 0 aliphatic rings. The molecule has 0 spiro atoms. The van der Waals surface area contributed by atoms with E-state index in [1.165, 1.54) is 14.2 Å². The molecule has 9 heteroatoms. The maximum Gasteiger partial charge on any atom is 0.306 e. The summed E-state index contributed by atoms with van der Waals surface area (Å²) in [6, 6.07) is 4.96. The van der Waals surface area contributed by atoms with Gasteiger partial charge in [-0.15, -0.1) is 0 Å². The third-order valence-electron chi connectivity index (χ3n) is 2.44. The zero-order valence-electron chi connectivity index (χ0n) is 10.9. The molecule has 0 aliphatic carbocycles. The van der Waals surface area contributed by atoms with Crippen LogP contribution in [0, 0.1) is 3.57 Å². The van der Waals surface area contributed by atoms with Gasteiger partial charge in [-0.2, -0.15) is 12.7 Å². The average molecular weight is 433 g/mol. The zero-order valence-corrected chi connectivity index (χ0v) is 14.6. The molecule has 0 bridgehead atoms. The second-order valence-electron chi connectivity index (χ2n) is 3.88. The van der Waals surface area contributed by atoms with E-state index in [9.17, 15) is 13.2 Å². The number of carbonyl (C=O) groups excluding carboxylic acids is 1. The first-order chi connectivity index (χ1) is 9.26. The fraction of sp³-hybridized carbons (Fsp3) is 0.364. The van der Waals surface area contributed by atoms with Crippen LogP contribution in [-0.4, -0.2) is 39.4 Å². The lowest BCUT2D eigenvalue weighted by Crippen LogP contribution is -2.34. The molecule has 112 valence electrons. The number of carbonyl (C=O) groups is 1. The van der Waals surface area contributed by atoms with Gasteiger partial charge in [-0.05, 0) is 40.8 Å². The second kappa shape index (κ2) is 7.43. The van der Waals surface area contributed by atoms with Crippen LogP contribution >= 0.6 is 34.2 Å². The maximum absolute atomic E-state index is 12.0. The molecule has 1 rings (SSSR count). The molecule has 0 heterocycles. The van der Waals surface area contributed by atoms with Crippen LogP contribution in [-0.2, 0) is 19.7 Å². The molecule has 1 N–H and O–H groups in total. The molecule has 0 aromatic heterocycles. The summed E-state index contributed by atoms with van der Waals surface area (Å²) in [6.45, 7) is 0.0179. The fourth-order valence-corrected chi connectivity index (χ4v) is 3.16. The smallest absolute Gasteiger partial charge is 0.306 e. The topological polar surface area (TPSA) is 75.7 Å². The van der Waals surface area contributed by atoms with Crippen molar-refractivity contribution < 1.29 is 17.9 Å². The summed E-state index contributed by atoms with van der Waals surface area (Å²) in [5.41, 5.74) is 0.289. The Morgan fingerprint density at radius 2 is 2.15 bits per heavy atom. The van der Waals surface area contributed by atoms with Gasteiger partial charge in [0.2, 0.25) is 0 Å². The van der Waals surface area contributed by atoms with Gasteiger partial charge < -0.3 is 4.74 Å². The van der Waals surface area contributed by atoms with Crippen LogP contribution in [0.25, 0.3) is 0 Å². The molecule has 0 aliphatic heterocycles. The minimum atomic E-state index is -3.76. The van der Waals surface area contributed by atoms with Crippen molar-refractivity contribution in [2.75, 3.05) is 25.4 Å². The van der Waals surface area contributed by atoms with E-state index >= 15 is 0 Å². The van der Waals surface area contributed by atoms with Crippen molar-refractivity contribution in [3.8, 4) is 0 Å². The van der Waals surface area contributed by atoms with Crippen LogP contribution in [0.5, 0.6) is 0 Å². The monoisotopic (exact) mass is 432 g/mol. The van der Waals surface area contributed by atoms with Gasteiger partial charge in [0.15, 0.2) is 0 Å². The largest absolute Gasteiger partial charge is 0.469 e. The number of hydrogen-bond acceptors (Lipinski definition) is 4. The Labute approximate surface area is 136 Å². The summed E-state index contributed by atoms with van der Waals surface area (Å²) < 4.78 is 32.8. The first kappa shape index (κ1) is 17.5. The Balaban J connectivity index is 2.76. The van der Waals surface area contributed by atoms with Crippen molar-refractivity contribution in [2.24, 2.45) is 0 Å². The Bertz CT molecular complexity index is 594. The number of nitrogens with zero attached hydrogens (tertiary/aromatic N) is 1. The normalized spacial score (nSPS) is 11.4. The minimum Gasteiger partial charge on any atom is -0.469 e. The third-order valence-corrected chi connectivity index (χ3v) is 4.90. The van der Waals surface area contributed by atoms with Crippen molar-refractivity contribution in [3.05, 3.63) is 26.8 Å². The molecule has 0 saturated carbocycles. The number of halogens is 2. The summed E-state index contributed by atoms with van der Waals surface area (Å²) in [5.74, 6) is -0.473. The number of hydrogen-bond donors (Lipinski definition) is 1. The molecule has 1 aromatic rings. The van der Waals surface area contributed by atoms with E-state index < -0.39 is 16.2 Å². The fourth-order valence-electron chi connectivity index (χ4n) is 1.26. The molecule has 0 fully saturated rings. The van der Waals surface area contributed by atoms with Crippen LogP contribution in [0.2, 0.25) is 5.02 Å². The van der Waals surface area contributed by atoms with E-state index in [0.717, 1.165) is 7.88 Å². The first-order valence-electron chi connectivity index (χ1n) is 5.52. The highest BCUT2D eigenvalue weighted by molar-refractivity contribution is 14.1. The maximum atomic E-state index is 12.0. The molecule has 1 aromatic carbocycles. The lowest BCUT2D eigenvalue weighted by Gasteiger charge is -2.18. The Hall–Kier alpha value is -0.580. The molecule has 6 nitrogen and oxygen atoms in total. The third kappa shape index (κ3) is 5.08. The summed E-state index contributed by atoms with van der Waals surface area (Å²) >= 11 is 8.04. The Morgan fingerprint density at radius 1 is 1.50 bits per heavy atom. The highest BCUT2D eigenvalue weighted by Gasteiger charge is 2.19. The van der Waals surface area contributed by atoms with Crippen molar-refractivity contribution in [1.82, 2.24) is 4.31 Å². The number of nitrogens with one attached hydrogen (secondary N) is 1. The molecular formula is C11H14ClIN2O4S. The number of ether oxygens (including phenoxy) is 1. The van der Waals surface area contributed by atoms with Gasteiger partial charge in [0.05, 0.1) is 24.2 Å². The Morgan fingerprint density at radius 3 is 2.70 bits per heavy atom. The van der Waals surface area contributed by atoms with Crippen molar-refractivity contribution >= 4 is 56.1 Å². The average Bonchev–Trinajstić information content (AvgIpc) is 2.38. The van der Waals surface area contributed by atoms with Crippen LogP contribution in [0.4, 0.5) is 5.69 Å². The molecule has 0 amide bonds. The molecule has 0 saturated heterocycles. The predicted molar refractivity (Wildman–Crippen MR) is 86.0 cm³/mol. The predicted octanol–water partition coefficient (Wildman–Crippen LogP) is 2.10. The van der Waals surface area contributed by atoms with Gasteiger partial charge in [0.25, 0.3) is 0 Å². The molecule has 0 unspecified atom stereocenters. The van der Waals surface area contributed by atoms with Crippen molar-refractivity contribution in [2.45, 2.75) is 6.42 Å². The number of benzene rings is 1. The van der Waals surface area contributed by atoms with Gasteiger partial charge in [0.1, 0.15) is 0 Å². The summed E-state index contributed by atoms with van der Waals surface area (Å²) in [5, 5.41) is 0.307. The van der Waals surface area contributed by atoms with Crippen molar-refractivity contribution in [3.63, 3.8) is 0 Å². The summed E-state index contributed by atoms with van der Waals surface area (Å²) in [6.07, 6.45) is -0.0195. The van der Waals surface area contributed by atoms with E-state index in [2.05, 4.69) is 32.0 Å². The molecule has 20 heavy (non-hydrogen) atoms. The second-order valence-corrected chi connectivity index (χ2v) is 7.31. The van der Waals surface area contributed by atoms with Gasteiger partial charge in [-0.3, -0.25) is 9.52 Å². The van der Waals surface area contributed by atoms with E-state index in [1.54, 1.807) is 18.2 Å². The van der Waals surface area contributed by atoms with E-state index in [1.807, 2.05) is 0 Å². The number of esters is 1. The van der Waals surface area contributed by atoms with Crippen molar-refractivity contribution in [1.29, 1.82) is 0 Å². The van der Waals surface area contributed by atoms with Crippen LogP contribution in [0.1, 0.15) is 6.42 Å². The molecular weight excluding hydrogens is 419 g/mol. The number of anilines is 1. The van der Waals surface area contributed by atoms with Gasteiger partial charge in [0, 0.05) is 17.2 Å². The number of methoxy groups -OCH3 is 1.